The summed E-state index contributed by atoms with van der Waals surface area (Å²) in [7, 11) is 3.09. The maximum absolute atomic E-state index is 13.5. The van der Waals surface area contributed by atoms with Gasteiger partial charge in [-0.2, -0.15) is 0 Å². The largest absolute Gasteiger partial charge is 0.493 e. The zero-order valence-electron chi connectivity index (χ0n) is 18.3. The Morgan fingerprint density at radius 1 is 0.906 bits per heavy atom. The zero-order chi connectivity index (χ0) is 22.8. The highest BCUT2D eigenvalue weighted by molar-refractivity contribution is 5.85. The van der Waals surface area contributed by atoms with Gasteiger partial charge in [0, 0.05) is 5.56 Å². The molecule has 0 saturated heterocycles. The monoisotopic (exact) mass is 434 g/mol. The van der Waals surface area contributed by atoms with E-state index in [9.17, 15) is 9.18 Å². The van der Waals surface area contributed by atoms with Gasteiger partial charge in [0.25, 0.3) is 0 Å². The lowest BCUT2D eigenvalue weighted by Gasteiger charge is -2.14. The number of rotatable bonds is 6. The molecule has 5 nitrogen and oxygen atoms in total. The molecule has 4 rings (SSSR count). The highest BCUT2D eigenvalue weighted by atomic mass is 19.1. The first-order chi connectivity index (χ1) is 15.4. The molecule has 0 unspecified atom stereocenters. The van der Waals surface area contributed by atoms with Gasteiger partial charge in [0.15, 0.2) is 17.3 Å². The number of aryl methyl sites for hydroxylation is 2. The van der Waals surface area contributed by atoms with Crippen molar-refractivity contribution in [3.8, 4) is 28.6 Å². The molecule has 0 aliphatic heterocycles. The molecule has 0 fully saturated rings. The highest BCUT2D eigenvalue weighted by Gasteiger charge is 2.21. The normalized spacial score (nSPS) is 10.9. The molecule has 0 atom stereocenters. The molecule has 0 N–H and O–H groups in total. The maximum atomic E-state index is 13.5. The number of hydrogen-bond donors (Lipinski definition) is 0. The number of benzene rings is 3. The summed E-state index contributed by atoms with van der Waals surface area (Å²) in [6, 6.07) is 14.9. The van der Waals surface area contributed by atoms with E-state index in [1.165, 1.54) is 19.2 Å². The summed E-state index contributed by atoms with van der Waals surface area (Å²) in [4.78, 5) is 13.5. The lowest BCUT2D eigenvalue weighted by atomic mass is 10.0. The first-order valence-electron chi connectivity index (χ1n) is 10.1. The van der Waals surface area contributed by atoms with E-state index < -0.39 is 0 Å². The summed E-state index contributed by atoms with van der Waals surface area (Å²) in [5, 5.41) is 0.467. The Morgan fingerprint density at radius 3 is 2.31 bits per heavy atom. The third kappa shape index (κ3) is 4.04. The van der Waals surface area contributed by atoms with Crippen molar-refractivity contribution in [3.05, 3.63) is 87.3 Å². The van der Waals surface area contributed by atoms with Crippen molar-refractivity contribution >= 4 is 11.0 Å². The molecule has 0 saturated carbocycles. The summed E-state index contributed by atoms with van der Waals surface area (Å²) in [5.41, 5.74) is 3.33. The van der Waals surface area contributed by atoms with Crippen LogP contribution in [0.25, 0.3) is 22.3 Å². The van der Waals surface area contributed by atoms with E-state index in [0.29, 0.717) is 28.0 Å². The fourth-order valence-corrected chi connectivity index (χ4v) is 3.71. The van der Waals surface area contributed by atoms with Crippen LogP contribution in [0.3, 0.4) is 0 Å². The first-order valence-corrected chi connectivity index (χ1v) is 10.1. The molecule has 0 aliphatic carbocycles. The second kappa shape index (κ2) is 8.75. The molecule has 1 aromatic heterocycles. The molecule has 32 heavy (non-hydrogen) atoms. The zero-order valence-corrected chi connectivity index (χ0v) is 18.3. The standard InChI is InChI=1S/C26H23FO5/c1-15-11-16(2)23-22(12-15)32-25(18-7-10-20(29-3)21(13-18)30-4)26(24(23)28)31-14-17-5-8-19(27)9-6-17/h5-13H,14H2,1-4H3. The van der Waals surface area contributed by atoms with E-state index in [2.05, 4.69) is 0 Å². The van der Waals surface area contributed by atoms with Gasteiger partial charge in [-0.3, -0.25) is 4.79 Å². The Hall–Kier alpha value is -3.80. The van der Waals surface area contributed by atoms with Crippen LogP contribution >= 0.6 is 0 Å². The fourth-order valence-electron chi connectivity index (χ4n) is 3.71. The van der Waals surface area contributed by atoms with E-state index in [4.69, 9.17) is 18.6 Å². The van der Waals surface area contributed by atoms with E-state index >= 15 is 0 Å². The van der Waals surface area contributed by atoms with Gasteiger partial charge in [-0.05, 0) is 66.9 Å². The van der Waals surface area contributed by atoms with E-state index in [0.717, 1.165) is 16.7 Å². The van der Waals surface area contributed by atoms with Crippen LogP contribution in [0.1, 0.15) is 16.7 Å². The number of hydrogen-bond acceptors (Lipinski definition) is 5. The number of ether oxygens (including phenoxy) is 3. The molecule has 0 bridgehead atoms. The number of methoxy groups -OCH3 is 2. The molecule has 0 radical (unpaired) electrons. The van der Waals surface area contributed by atoms with Gasteiger partial charge in [0.05, 0.1) is 19.6 Å². The van der Waals surface area contributed by atoms with Gasteiger partial charge in [-0.15, -0.1) is 0 Å². The van der Waals surface area contributed by atoms with Crippen LogP contribution in [-0.2, 0) is 6.61 Å². The molecular formula is C26H23FO5. The Labute approximate surface area is 185 Å². The summed E-state index contributed by atoms with van der Waals surface area (Å²) in [6.45, 7) is 3.90. The quantitative estimate of drug-likeness (QED) is 0.383. The van der Waals surface area contributed by atoms with Gasteiger partial charge in [-0.25, -0.2) is 4.39 Å². The average Bonchev–Trinajstić information content (AvgIpc) is 2.78. The minimum absolute atomic E-state index is 0.0843. The lowest BCUT2D eigenvalue weighted by Crippen LogP contribution is -2.11. The SMILES string of the molecule is COc1ccc(-c2oc3cc(C)cc(C)c3c(=O)c2OCc2ccc(F)cc2)cc1OC. The van der Waals surface area contributed by atoms with Gasteiger partial charge in [0.1, 0.15) is 18.0 Å². The second-order valence-electron chi connectivity index (χ2n) is 7.53. The van der Waals surface area contributed by atoms with Gasteiger partial charge in [-0.1, -0.05) is 18.2 Å². The molecule has 4 aromatic rings. The molecular weight excluding hydrogens is 411 g/mol. The maximum Gasteiger partial charge on any atom is 0.235 e. The highest BCUT2D eigenvalue weighted by Crippen LogP contribution is 2.37. The third-order valence-electron chi connectivity index (χ3n) is 5.24. The minimum Gasteiger partial charge on any atom is -0.493 e. The van der Waals surface area contributed by atoms with Crippen LogP contribution in [0.2, 0.25) is 0 Å². The molecule has 0 amide bonds. The summed E-state index contributed by atoms with van der Waals surface area (Å²) in [5.74, 6) is 1.09. The summed E-state index contributed by atoms with van der Waals surface area (Å²) >= 11 is 0. The van der Waals surface area contributed by atoms with E-state index in [1.54, 1.807) is 37.4 Å². The van der Waals surface area contributed by atoms with Crippen molar-refractivity contribution in [2.24, 2.45) is 0 Å². The van der Waals surface area contributed by atoms with Gasteiger partial charge < -0.3 is 18.6 Å². The van der Waals surface area contributed by atoms with Crippen LogP contribution in [0, 0.1) is 19.7 Å². The van der Waals surface area contributed by atoms with Crippen molar-refractivity contribution in [2.45, 2.75) is 20.5 Å². The van der Waals surface area contributed by atoms with Crippen molar-refractivity contribution in [1.29, 1.82) is 0 Å². The smallest absolute Gasteiger partial charge is 0.235 e. The minimum atomic E-state index is -0.337. The first kappa shape index (κ1) is 21.4. The molecule has 3 aromatic carbocycles. The Bertz CT molecular complexity index is 1340. The third-order valence-corrected chi connectivity index (χ3v) is 5.24. The average molecular weight is 434 g/mol. The van der Waals surface area contributed by atoms with Crippen molar-refractivity contribution < 1.29 is 23.0 Å². The van der Waals surface area contributed by atoms with Crippen LogP contribution in [-0.4, -0.2) is 14.2 Å². The van der Waals surface area contributed by atoms with Gasteiger partial charge >= 0.3 is 0 Å². The van der Waals surface area contributed by atoms with Gasteiger partial charge in [0.2, 0.25) is 11.2 Å². The van der Waals surface area contributed by atoms with Crippen molar-refractivity contribution in [2.75, 3.05) is 14.2 Å². The Kier molecular flexibility index (Phi) is 5.86. The summed E-state index contributed by atoms with van der Waals surface area (Å²) < 4.78 is 36.2. The predicted molar refractivity (Wildman–Crippen MR) is 121 cm³/mol. The lowest BCUT2D eigenvalue weighted by molar-refractivity contribution is 0.297. The molecule has 0 aliphatic rings. The van der Waals surface area contributed by atoms with Crippen molar-refractivity contribution in [3.63, 3.8) is 0 Å². The number of halogens is 1. The fraction of sp³-hybridized carbons (Fsp3) is 0.192. The summed E-state index contributed by atoms with van der Waals surface area (Å²) in [6.07, 6.45) is 0. The van der Waals surface area contributed by atoms with Crippen LogP contribution in [0.4, 0.5) is 4.39 Å². The molecule has 0 spiro atoms. The second-order valence-corrected chi connectivity index (χ2v) is 7.53. The van der Waals surface area contributed by atoms with Crippen LogP contribution < -0.4 is 19.6 Å². The van der Waals surface area contributed by atoms with Crippen LogP contribution in [0.5, 0.6) is 17.2 Å². The molecule has 164 valence electrons. The molecule has 6 heteroatoms. The van der Waals surface area contributed by atoms with Crippen LogP contribution in [0.15, 0.2) is 63.8 Å². The van der Waals surface area contributed by atoms with Crippen molar-refractivity contribution in [1.82, 2.24) is 0 Å². The van der Waals surface area contributed by atoms with E-state index in [1.807, 2.05) is 26.0 Å². The predicted octanol–water partition coefficient (Wildman–Crippen LogP) is 5.81. The number of fused-ring (bicyclic) bond motifs is 1. The van der Waals surface area contributed by atoms with E-state index in [-0.39, 0.29) is 29.4 Å². The Balaban J connectivity index is 1.90. The Morgan fingerprint density at radius 2 is 1.62 bits per heavy atom. The topological polar surface area (TPSA) is 57.9 Å². The molecule has 1 heterocycles.